The Balaban J connectivity index is 1.65. The first kappa shape index (κ1) is 20.9. The van der Waals surface area contributed by atoms with Gasteiger partial charge in [0.2, 0.25) is 0 Å². The Morgan fingerprint density at radius 2 is 1.31 bits per heavy atom. The third kappa shape index (κ3) is 3.85. The standard InChI is InChI=1S/C26H24NO4P/c28-26(22-17-10-18-30-22)32(29)25(21-15-8-3-9-16-21)27-23(19-11-4-1-5-12-19)24(31-32)20-13-6-2-7-14-20/h1-18,23-28H/t23-,24+,25-,26-,32?/m1/s1. The maximum atomic E-state index is 14.5. The highest BCUT2D eigenvalue weighted by Crippen LogP contribution is 2.73. The molecule has 1 unspecified atom stereocenters. The molecule has 0 aliphatic carbocycles. The molecule has 2 N–H and O–H groups in total. The van der Waals surface area contributed by atoms with Crippen molar-refractivity contribution in [3.63, 3.8) is 0 Å². The molecule has 5 atom stereocenters. The van der Waals surface area contributed by atoms with Gasteiger partial charge in [-0.3, -0.25) is 9.88 Å². The quantitative estimate of drug-likeness (QED) is 0.350. The van der Waals surface area contributed by atoms with Crippen molar-refractivity contribution in [1.29, 1.82) is 0 Å². The summed E-state index contributed by atoms with van der Waals surface area (Å²) in [5.41, 5.74) is 2.68. The fourth-order valence-corrected chi connectivity index (χ4v) is 6.82. The minimum absolute atomic E-state index is 0.223. The topological polar surface area (TPSA) is 71.7 Å². The van der Waals surface area contributed by atoms with Crippen LogP contribution in [0.1, 0.15) is 46.2 Å². The molecular weight excluding hydrogens is 421 g/mol. The van der Waals surface area contributed by atoms with Gasteiger partial charge in [-0.05, 0) is 28.8 Å². The number of aliphatic hydroxyl groups is 1. The molecule has 1 aliphatic rings. The first-order valence-corrected chi connectivity index (χ1v) is 12.3. The molecule has 0 radical (unpaired) electrons. The summed E-state index contributed by atoms with van der Waals surface area (Å²) < 4.78 is 26.4. The zero-order chi connectivity index (χ0) is 22.0. The smallest absolute Gasteiger partial charge is 0.259 e. The van der Waals surface area contributed by atoms with Gasteiger partial charge in [-0.25, -0.2) is 0 Å². The van der Waals surface area contributed by atoms with Gasteiger partial charge in [-0.1, -0.05) is 91.0 Å². The molecule has 1 saturated heterocycles. The predicted octanol–water partition coefficient (Wildman–Crippen LogP) is 6.35. The van der Waals surface area contributed by atoms with Crippen molar-refractivity contribution in [1.82, 2.24) is 5.32 Å². The first-order valence-electron chi connectivity index (χ1n) is 10.6. The van der Waals surface area contributed by atoms with E-state index in [1.54, 1.807) is 12.1 Å². The van der Waals surface area contributed by atoms with Crippen molar-refractivity contribution in [3.8, 4) is 0 Å². The highest BCUT2D eigenvalue weighted by molar-refractivity contribution is 7.59. The summed E-state index contributed by atoms with van der Waals surface area (Å²) in [5.74, 6) is -1.90. The minimum Gasteiger partial charge on any atom is -0.466 e. The van der Waals surface area contributed by atoms with Gasteiger partial charge in [-0.2, -0.15) is 0 Å². The van der Waals surface area contributed by atoms with Crippen LogP contribution in [0, 0.1) is 0 Å². The largest absolute Gasteiger partial charge is 0.466 e. The van der Waals surface area contributed by atoms with Crippen molar-refractivity contribution in [3.05, 3.63) is 132 Å². The molecule has 1 fully saturated rings. The summed E-state index contributed by atoms with van der Waals surface area (Å²) in [6, 6.07) is 32.2. The Labute approximate surface area is 187 Å². The molecule has 162 valence electrons. The first-order chi connectivity index (χ1) is 15.7. The summed E-state index contributed by atoms with van der Waals surface area (Å²) in [5, 5.41) is 14.8. The second-order valence-electron chi connectivity index (χ2n) is 7.84. The van der Waals surface area contributed by atoms with E-state index in [0.717, 1.165) is 16.7 Å². The zero-order valence-corrected chi connectivity index (χ0v) is 18.2. The van der Waals surface area contributed by atoms with Gasteiger partial charge in [0.15, 0.2) is 5.85 Å². The molecule has 1 aliphatic heterocycles. The van der Waals surface area contributed by atoms with Crippen molar-refractivity contribution < 1.29 is 18.6 Å². The van der Waals surface area contributed by atoms with Gasteiger partial charge >= 0.3 is 0 Å². The van der Waals surface area contributed by atoms with E-state index in [1.807, 2.05) is 91.0 Å². The van der Waals surface area contributed by atoms with Crippen LogP contribution in [0.15, 0.2) is 114 Å². The number of hydrogen-bond acceptors (Lipinski definition) is 5. The maximum Gasteiger partial charge on any atom is 0.259 e. The van der Waals surface area contributed by atoms with Crippen molar-refractivity contribution in [2.24, 2.45) is 0 Å². The van der Waals surface area contributed by atoms with Crippen molar-refractivity contribution in [2.75, 3.05) is 0 Å². The molecule has 5 nitrogen and oxygen atoms in total. The lowest BCUT2D eigenvalue weighted by molar-refractivity contribution is 0.0937. The van der Waals surface area contributed by atoms with Crippen molar-refractivity contribution in [2.45, 2.75) is 23.8 Å². The monoisotopic (exact) mass is 445 g/mol. The number of aliphatic hydroxyl groups excluding tert-OH is 1. The zero-order valence-electron chi connectivity index (χ0n) is 17.3. The molecule has 2 heterocycles. The lowest BCUT2D eigenvalue weighted by Crippen LogP contribution is -2.38. The third-order valence-corrected chi connectivity index (χ3v) is 8.48. The molecule has 32 heavy (non-hydrogen) atoms. The maximum absolute atomic E-state index is 14.5. The molecule has 0 saturated carbocycles. The van der Waals surface area contributed by atoms with E-state index in [2.05, 4.69) is 5.32 Å². The van der Waals surface area contributed by atoms with Crippen LogP contribution in [0.3, 0.4) is 0 Å². The van der Waals surface area contributed by atoms with E-state index in [4.69, 9.17) is 8.94 Å². The molecule has 6 heteroatoms. The summed E-state index contributed by atoms with van der Waals surface area (Å²) >= 11 is 0. The highest BCUT2D eigenvalue weighted by Gasteiger charge is 2.52. The molecule has 0 amide bonds. The third-order valence-electron chi connectivity index (χ3n) is 5.82. The van der Waals surface area contributed by atoms with E-state index in [0.29, 0.717) is 0 Å². The van der Waals surface area contributed by atoms with E-state index >= 15 is 0 Å². The second kappa shape index (κ2) is 8.89. The van der Waals surface area contributed by atoms with Crippen LogP contribution >= 0.6 is 7.37 Å². The fourth-order valence-electron chi connectivity index (χ4n) is 4.24. The van der Waals surface area contributed by atoms with E-state index in [1.165, 1.54) is 6.26 Å². The summed E-state index contributed by atoms with van der Waals surface area (Å²) in [7, 11) is -3.75. The number of benzene rings is 3. The SMILES string of the molecule is O=P1([C@@H](O)c2ccco2)O[C@@H](c2ccccc2)[C@@H](c2ccccc2)N[C@H]1c1ccccc1. The Kier molecular flexibility index (Phi) is 5.81. The highest BCUT2D eigenvalue weighted by atomic mass is 31.2. The van der Waals surface area contributed by atoms with Crippen LogP contribution in [0.25, 0.3) is 0 Å². The van der Waals surface area contributed by atoms with E-state index in [9.17, 15) is 9.67 Å². The van der Waals surface area contributed by atoms with Crippen molar-refractivity contribution >= 4 is 7.37 Å². The Bertz CT molecular complexity index is 1180. The Hall–Kier alpha value is -2.95. The normalized spacial score (nSPS) is 26.5. The van der Waals surface area contributed by atoms with Gasteiger partial charge in [-0.15, -0.1) is 0 Å². The summed E-state index contributed by atoms with van der Waals surface area (Å²) in [6.07, 6.45) is 0.898. The Morgan fingerprint density at radius 3 is 1.88 bits per heavy atom. The minimum atomic E-state index is -3.75. The molecule has 5 rings (SSSR count). The average Bonchev–Trinajstić information content (AvgIpc) is 3.40. The number of furan rings is 1. The van der Waals surface area contributed by atoms with Gasteiger partial charge < -0.3 is 14.0 Å². The van der Waals surface area contributed by atoms with Crippen LogP contribution in [-0.4, -0.2) is 5.11 Å². The van der Waals surface area contributed by atoms with Crippen LogP contribution in [-0.2, 0) is 9.09 Å². The summed E-state index contributed by atoms with van der Waals surface area (Å²) in [6.45, 7) is 0. The van der Waals surface area contributed by atoms with Gasteiger partial charge in [0.1, 0.15) is 17.6 Å². The fraction of sp³-hybridized carbons (Fsp3) is 0.154. The lowest BCUT2D eigenvalue weighted by atomic mass is 9.95. The second-order valence-corrected chi connectivity index (χ2v) is 10.3. The molecule has 0 spiro atoms. The van der Waals surface area contributed by atoms with Gasteiger partial charge in [0, 0.05) is 0 Å². The molecule has 1 aromatic heterocycles. The average molecular weight is 445 g/mol. The molecule has 4 aromatic rings. The van der Waals surface area contributed by atoms with Gasteiger partial charge in [0.25, 0.3) is 7.37 Å². The van der Waals surface area contributed by atoms with E-state index in [-0.39, 0.29) is 11.8 Å². The lowest BCUT2D eigenvalue weighted by Gasteiger charge is -2.44. The van der Waals surface area contributed by atoms with Crippen LogP contribution < -0.4 is 5.32 Å². The number of rotatable bonds is 5. The molecular formula is C26H24NO4P. The molecule has 3 aromatic carbocycles. The van der Waals surface area contributed by atoms with Gasteiger partial charge in [0.05, 0.1) is 12.3 Å². The van der Waals surface area contributed by atoms with Crippen LogP contribution in [0.4, 0.5) is 0 Å². The predicted molar refractivity (Wildman–Crippen MR) is 123 cm³/mol. The van der Waals surface area contributed by atoms with Crippen LogP contribution in [0.2, 0.25) is 0 Å². The number of nitrogens with one attached hydrogen (secondary N) is 1. The van der Waals surface area contributed by atoms with Crippen LogP contribution in [0.5, 0.6) is 0 Å². The Morgan fingerprint density at radius 1 is 0.750 bits per heavy atom. The molecule has 0 bridgehead atoms. The number of hydrogen-bond donors (Lipinski definition) is 2. The van der Waals surface area contributed by atoms with E-state index < -0.39 is 25.1 Å². The summed E-state index contributed by atoms with van der Waals surface area (Å²) in [4.78, 5) is 0.